The van der Waals surface area contributed by atoms with E-state index in [2.05, 4.69) is 39.7 Å². The predicted octanol–water partition coefficient (Wildman–Crippen LogP) is 3.67. The van der Waals surface area contributed by atoms with Crippen molar-refractivity contribution in [3.05, 3.63) is 28.9 Å². The number of carbonyl (C=O) groups is 1. The quantitative estimate of drug-likeness (QED) is 0.752. The summed E-state index contributed by atoms with van der Waals surface area (Å²) in [7, 11) is 0. The SMILES string of the molecule is CCc1cc2c(NCC(=O)NCCC3=CCCCC3)ncnc2s1. The number of rotatable bonds is 7. The highest BCUT2D eigenvalue weighted by atomic mass is 32.1. The van der Waals surface area contributed by atoms with Gasteiger partial charge >= 0.3 is 0 Å². The molecular weight excluding hydrogens is 320 g/mol. The number of aromatic nitrogens is 2. The van der Waals surface area contributed by atoms with E-state index < -0.39 is 0 Å². The molecule has 0 atom stereocenters. The maximum absolute atomic E-state index is 12.0. The van der Waals surface area contributed by atoms with Crippen LogP contribution in [0.5, 0.6) is 0 Å². The highest BCUT2D eigenvalue weighted by Gasteiger charge is 2.09. The van der Waals surface area contributed by atoms with Crippen molar-refractivity contribution in [3.8, 4) is 0 Å². The summed E-state index contributed by atoms with van der Waals surface area (Å²) in [6.07, 6.45) is 10.8. The van der Waals surface area contributed by atoms with Crippen LogP contribution in [0.4, 0.5) is 5.82 Å². The molecule has 2 heterocycles. The molecular formula is C18H24N4OS. The van der Waals surface area contributed by atoms with Crippen molar-refractivity contribution in [2.45, 2.75) is 45.4 Å². The van der Waals surface area contributed by atoms with Crippen LogP contribution in [-0.4, -0.2) is 29.0 Å². The van der Waals surface area contributed by atoms with Gasteiger partial charge < -0.3 is 10.6 Å². The zero-order valence-electron chi connectivity index (χ0n) is 14.1. The van der Waals surface area contributed by atoms with Gasteiger partial charge in [0.15, 0.2) is 0 Å². The molecule has 24 heavy (non-hydrogen) atoms. The lowest BCUT2D eigenvalue weighted by atomic mass is 9.97. The Bertz CT molecular complexity index is 738. The van der Waals surface area contributed by atoms with Gasteiger partial charge in [0.2, 0.25) is 5.91 Å². The molecule has 0 aromatic carbocycles. The molecule has 0 spiro atoms. The van der Waals surface area contributed by atoms with Gasteiger partial charge in [-0.1, -0.05) is 18.6 Å². The molecule has 5 nitrogen and oxygen atoms in total. The topological polar surface area (TPSA) is 66.9 Å². The van der Waals surface area contributed by atoms with Gasteiger partial charge in [-0.15, -0.1) is 11.3 Å². The minimum Gasteiger partial charge on any atom is -0.360 e. The van der Waals surface area contributed by atoms with Gasteiger partial charge in [-0.2, -0.15) is 0 Å². The first-order chi connectivity index (χ1) is 11.8. The molecule has 2 aromatic rings. The Hall–Kier alpha value is -1.95. The highest BCUT2D eigenvalue weighted by Crippen LogP contribution is 2.28. The lowest BCUT2D eigenvalue weighted by molar-refractivity contribution is -0.119. The molecule has 1 amide bonds. The number of nitrogens with one attached hydrogen (secondary N) is 2. The van der Waals surface area contributed by atoms with Crippen LogP contribution in [0.1, 0.15) is 43.9 Å². The largest absolute Gasteiger partial charge is 0.360 e. The van der Waals surface area contributed by atoms with Gasteiger partial charge in [0.25, 0.3) is 0 Å². The Labute approximate surface area is 146 Å². The summed E-state index contributed by atoms with van der Waals surface area (Å²) in [5.74, 6) is 0.741. The maximum atomic E-state index is 12.0. The standard InChI is InChI=1S/C18H24N4OS/c1-2-14-10-15-17(21-12-22-18(15)24-14)20-11-16(23)19-9-8-13-6-4-3-5-7-13/h6,10,12H,2-5,7-9,11H2,1H3,(H,19,23)(H,20,21,22). The molecule has 6 heteroatoms. The van der Waals surface area contributed by atoms with Crippen molar-refractivity contribution in [2.75, 3.05) is 18.4 Å². The average molecular weight is 344 g/mol. The summed E-state index contributed by atoms with van der Waals surface area (Å²) >= 11 is 1.68. The number of thiophene rings is 1. The first-order valence-electron chi connectivity index (χ1n) is 8.68. The van der Waals surface area contributed by atoms with Crippen molar-refractivity contribution in [1.29, 1.82) is 0 Å². The van der Waals surface area contributed by atoms with Gasteiger partial charge in [0.05, 0.1) is 11.9 Å². The lowest BCUT2D eigenvalue weighted by Crippen LogP contribution is -2.31. The van der Waals surface area contributed by atoms with Gasteiger partial charge in [-0.05, 0) is 44.6 Å². The van der Waals surface area contributed by atoms with Gasteiger partial charge in [0, 0.05) is 11.4 Å². The highest BCUT2D eigenvalue weighted by molar-refractivity contribution is 7.18. The number of fused-ring (bicyclic) bond motifs is 1. The maximum Gasteiger partial charge on any atom is 0.239 e. The molecule has 2 aromatic heterocycles. The third-order valence-corrected chi connectivity index (χ3v) is 5.49. The van der Waals surface area contributed by atoms with Crippen LogP contribution in [0, 0.1) is 0 Å². The van der Waals surface area contributed by atoms with E-state index >= 15 is 0 Å². The number of hydrogen-bond donors (Lipinski definition) is 2. The van der Waals surface area contributed by atoms with Crippen molar-refractivity contribution in [1.82, 2.24) is 15.3 Å². The summed E-state index contributed by atoms with van der Waals surface area (Å²) < 4.78 is 0. The second kappa shape index (κ2) is 8.24. The molecule has 0 bridgehead atoms. The van der Waals surface area contributed by atoms with Gasteiger partial charge in [-0.25, -0.2) is 9.97 Å². The van der Waals surface area contributed by atoms with Crippen molar-refractivity contribution >= 4 is 33.3 Å². The minimum atomic E-state index is 0.00381. The number of amides is 1. The lowest BCUT2D eigenvalue weighted by Gasteiger charge is -2.13. The zero-order valence-corrected chi connectivity index (χ0v) is 14.9. The summed E-state index contributed by atoms with van der Waals surface area (Å²) in [5, 5.41) is 7.12. The molecule has 128 valence electrons. The Balaban J connectivity index is 1.49. The van der Waals surface area contributed by atoms with E-state index in [1.165, 1.54) is 36.1 Å². The molecule has 1 aliphatic rings. The number of allylic oxidation sites excluding steroid dienone is 1. The molecule has 1 aliphatic carbocycles. The fourth-order valence-electron chi connectivity index (χ4n) is 2.94. The van der Waals surface area contributed by atoms with E-state index in [0.717, 1.165) is 28.9 Å². The molecule has 2 N–H and O–H groups in total. The molecule has 0 radical (unpaired) electrons. The van der Waals surface area contributed by atoms with E-state index in [1.54, 1.807) is 17.7 Å². The third kappa shape index (κ3) is 4.32. The van der Waals surface area contributed by atoms with Crippen molar-refractivity contribution in [3.63, 3.8) is 0 Å². The Kier molecular flexibility index (Phi) is 5.80. The second-order valence-corrected chi connectivity index (χ2v) is 7.18. The smallest absolute Gasteiger partial charge is 0.239 e. The van der Waals surface area contributed by atoms with Gasteiger partial charge in [-0.3, -0.25) is 4.79 Å². The van der Waals surface area contributed by atoms with Crippen LogP contribution < -0.4 is 10.6 Å². The number of hydrogen-bond acceptors (Lipinski definition) is 5. The second-order valence-electron chi connectivity index (χ2n) is 6.07. The van der Waals surface area contributed by atoms with Crippen LogP contribution in [0.25, 0.3) is 10.2 Å². The Morgan fingerprint density at radius 2 is 2.25 bits per heavy atom. The normalized spacial score (nSPS) is 14.5. The summed E-state index contributed by atoms with van der Waals surface area (Å²) in [5.41, 5.74) is 1.48. The first-order valence-corrected chi connectivity index (χ1v) is 9.50. The molecule has 0 aliphatic heterocycles. The number of aryl methyl sites for hydroxylation is 1. The van der Waals surface area contributed by atoms with Crippen LogP contribution in [-0.2, 0) is 11.2 Å². The van der Waals surface area contributed by atoms with E-state index in [1.807, 2.05) is 0 Å². The van der Waals surface area contributed by atoms with E-state index in [0.29, 0.717) is 6.54 Å². The molecule has 0 saturated heterocycles. The van der Waals surface area contributed by atoms with Crippen LogP contribution >= 0.6 is 11.3 Å². The zero-order chi connectivity index (χ0) is 16.8. The van der Waals surface area contributed by atoms with Gasteiger partial charge in [0.1, 0.15) is 17.0 Å². The summed E-state index contributed by atoms with van der Waals surface area (Å²) in [6.45, 7) is 3.08. The predicted molar refractivity (Wildman–Crippen MR) is 99.5 cm³/mol. The average Bonchev–Trinajstić information content (AvgIpc) is 3.05. The minimum absolute atomic E-state index is 0.00381. The summed E-state index contributed by atoms with van der Waals surface area (Å²) in [4.78, 5) is 22.8. The number of nitrogens with zero attached hydrogens (tertiary/aromatic N) is 2. The van der Waals surface area contributed by atoms with Crippen molar-refractivity contribution in [2.24, 2.45) is 0 Å². The molecule has 3 rings (SSSR count). The fourth-order valence-corrected chi connectivity index (χ4v) is 3.88. The van der Waals surface area contributed by atoms with Crippen LogP contribution in [0.3, 0.4) is 0 Å². The van der Waals surface area contributed by atoms with Crippen LogP contribution in [0.15, 0.2) is 24.0 Å². The van der Waals surface area contributed by atoms with E-state index in [-0.39, 0.29) is 12.5 Å². The molecule has 0 unspecified atom stereocenters. The molecule has 0 fully saturated rings. The van der Waals surface area contributed by atoms with E-state index in [9.17, 15) is 4.79 Å². The van der Waals surface area contributed by atoms with Crippen molar-refractivity contribution < 1.29 is 4.79 Å². The monoisotopic (exact) mass is 344 g/mol. The Morgan fingerprint density at radius 3 is 3.04 bits per heavy atom. The molecule has 0 saturated carbocycles. The van der Waals surface area contributed by atoms with Crippen LogP contribution in [0.2, 0.25) is 0 Å². The Morgan fingerprint density at radius 1 is 1.33 bits per heavy atom. The number of anilines is 1. The first kappa shape index (κ1) is 16.9. The third-order valence-electron chi connectivity index (χ3n) is 4.30. The van der Waals surface area contributed by atoms with E-state index in [4.69, 9.17) is 0 Å². The number of carbonyl (C=O) groups excluding carboxylic acids is 1. The summed E-state index contributed by atoms with van der Waals surface area (Å²) in [6, 6.07) is 2.11. The fraction of sp³-hybridized carbons (Fsp3) is 0.500.